The Kier molecular flexibility index (Phi) is 5.71. The molecule has 1 atom stereocenters. The number of nitro groups is 1. The first-order valence-electron chi connectivity index (χ1n) is 6.24. The third kappa shape index (κ3) is 4.07. The fourth-order valence-corrected chi connectivity index (χ4v) is 1.85. The van der Waals surface area contributed by atoms with Crippen LogP contribution in [0.5, 0.6) is 0 Å². The van der Waals surface area contributed by atoms with Crippen LogP contribution in [0.4, 0.5) is 10.1 Å². The molecule has 0 saturated heterocycles. The number of nitrogens with one attached hydrogen (secondary N) is 1. The SMILES string of the molecule is CCCNC(CC)Cc1ccc(F)cc1[N+](=O)[O-]. The van der Waals surface area contributed by atoms with E-state index in [1.807, 2.05) is 6.92 Å². The van der Waals surface area contributed by atoms with E-state index in [2.05, 4.69) is 12.2 Å². The molecule has 0 aliphatic heterocycles. The van der Waals surface area contributed by atoms with Crippen LogP contribution in [-0.2, 0) is 6.42 Å². The minimum absolute atomic E-state index is 0.133. The Morgan fingerprint density at radius 2 is 2.17 bits per heavy atom. The van der Waals surface area contributed by atoms with Crippen molar-refractivity contribution in [1.29, 1.82) is 0 Å². The normalized spacial score (nSPS) is 12.4. The van der Waals surface area contributed by atoms with Gasteiger partial charge in [0.2, 0.25) is 0 Å². The topological polar surface area (TPSA) is 55.2 Å². The van der Waals surface area contributed by atoms with Crippen LogP contribution in [-0.4, -0.2) is 17.5 Å². The molecular weight excluding hydrogens is 235 g/mol. The van der Waals surface area contributed by atoms with Gasteiger partial charge in [-0.05, 0) is 37.9 Å². The van der Waals surface area contributed by atoms with E-state index in [0.717, 1.165) is 25.5 Å². The first-order valence-corrected chi connectivity index (χ1v) is 6.24. The summed E-state index contributed by atoms with van der Waals surface area (Å²) in [7, 11) is 0. The van der Waals surface area contributed by atoms with Crippen molar-refractivity contribution in [1.82, 2.24) is 5.32 Å². The maximum absolute atomic E-state index is 13.0. The fourth-order valence-electron chi connectivity index (χ4n) is 1.85. The summed E-state index contributed by atoms with van der Waals surface area (Å²) in [4.78, 5) is 10.4. The van der Waals surface area contributed by atoms with Crippen molar-refractivity contribution in [3.63, 3.8) is 0 Å². The van der Waals surface area contributed by atoms with Gasteiger partial charge in [-0.2, -0.15) is 0 Å². The number of benzene rings is 1. The van der Waals surface area contributed by atoms with E-state index in [-0.39, 0.29) is 11.7 Å². The van der Waals surface area contributed by atoms with E-state index in [1.54, 1.807) is 0 Å². The molecule has 0 aromatic heterocycles. The molecule has 100 valence electrons. The Balaban J connectivity index is 2.84. The molecule has 0 radical (unpaired) electrons. The third-order valence-electron chi connectivity index (χ3n) is 2.89. The quantitative estimate of drug-likeness (QED) is 0.601. The van der Waals surface area contributed by atoms with Gasteiger partial charge in [0.1, 0.15) is 5.82 Å². The Bertz CT molecular complexity index is 410. The average Bonchev–Trinajstić information content (AvgIpc) is 2.35. The molecular formula is C13H19FN2O2. The van der Waals surface area contributed by atoms with E-state index in [9.17, 15) is 14.5 Å². The molecule has 18 heavy (non-hydrogen) atoms. The van der Waals surface area contributed by atoms with Gasteiger partial charge in [-0.3, -0.25) is 10.1 Å². The number of nitrogens with zero attached hydrogens (tertiary/aromatic N) is 1. The predicted molar refractivity (Wildman–Crippen MR) is 69.1 cm³/mol. The van der Waals surface area contributed by atoms with Crippen LogP contribution in [0, 0.1) is 15.9 Å². The lowest BCUT2D eigenvalue weighted by molar-refractivity contribution is -0.385. The summed E-state index contributed by atoms with van der Waals surface area (Å²) in [6.07, 6.45) is 2.45. The maximum Gasteiger partial charge on any atom is 0.275 e. The molecule has 0 bridgehead atoms. The first kappa shape index (κ1) is 14.6. The maximum atomic E-state index is 13.0. The van der Waals surface area contributed by atoms with E-state index in [4.69, 9.17) is 0 Å². The molecule has 1 aromatic carbocycles. The van der Waals surface area contributed by atoms with E-state index in [0.29, 0.717) is 12.0 Å². The monoisotopic (exact) mass is 254 g/mol. The summed E-state index contributed by atoms with van der Waals surface area (Å²) in [5, 5.41) is 14.2. The molecule has 0 amide bonds. The molecule has 1 N–H and O–H groups in total. The zero-order chi connectivity index (χ0) is 13.5. The zero-order valence-corrected chi connectivity index (χ0v) is 10.8. The third-order valence-corrected chi connectivity index (χ3v) is 2.89. The van der Waals surface area contributed by atoms with Gasteiger partial charge in [-0.25, -0.2) is 4.39 Å². The molecule has 0 aliphatic carbocycles. The lowest BCUT2D eigenvalue weighted by Crippen LogP contribution is -2.31. The zero-order valence-electron chi connectivity index (χ0n) is 10.8. The Morgan fingerprint density at radius 1 is 1.44 bits per heavy atom. The number of halogens is 1. The molecule has 1 rings (SSSR count). The van der Waals surface area contributed by atoms with Gasteiger partial charge in [0.05, 0.1) is 11.0 Å². The highest BCUT2D eigenvalue weighted by atomic mass is 19.1. The standard InChI is InChI=1S/C13H19FN2O2/c1-3-7-15-12(4-2)8-10-5-6-11(14)9-13(10)16(17)18/h5-6,9,12,15H,3-4,7-8H2,1-2H3. The molecule has 1 unspecified atom stereocenters. The average molecular weight is 254 g/mol. The summed E-state index contributed by atoms with van der Waals surface area (Å²) in [6.45, 7) is 4.98. The second kappa shape index (κ2) is 7.06. The Morgan fingerprint density at radius 3 is 2.72 bits per heavy atom. The largest absolute Gasteiger partial charge is 0.314 e. The summed E-state index contributed by atoms with van der Waals surface area (Å²) < 4.78 is 13.0. The van der Waals surface area contributed by atoms with E-state index < -0.39 is 10.7 Å². The van der Waals surface area contributed by atoms with Gasteiger partial charge in [0, 0.05) is 11.6 Å². The summed E-state index contributed by atoms with van der Waals surface area (Å²) in [5.74, 6) is -0.569. The highest BCUT2D eigenvalue weighted by molar-refractivity contribution is 5.40. The van der Waals surface area contributed by atoms with Crippen LogP contribution < -0.4 is 5.32 Å². The molecule has 0 fully saturated rings. The summed E-state index contributed by atoms with van der Waals surface area (Å²) >= 11 is 0. The second-order valence-corrected chi connectivity index (χ2v) is 4.29. The van der Waals surface area contributed by atoms with Crippen molar-refractivity contribution in [3.8, 4) is 0 Å². The molecule has 0 spiro atoms. The van der Waals surface area contributed by atoms with E-state index >= 15 is 0 Å². The Labute approximate surface area is 106 Å². The lowest BCUT2D eigenvalue weighted by Gasteiger charge is -2.16. The molecule has 0 aliphatic rings. The number of rotatable bonds is 7. The number of hydrogen-bond donors (Lipinski definition) is 1. The van der Waals surface area contributed by atoms with Gasteiger partial charge in [-0.1, -0.05) is 13.8 Å². The minimum atomic E-state index is -0.569. The molecule has 4 nitrogen and oxygen atoms in total. The van der Waals surface area contributed by atoms with Crippen molar-refractivity contribution in [2.75, 3.05) is 6.54 Å². The minimum Gasteiger partial charge on any atom is -0.314 e. The van der Waals surface area contributed by atoms with Crippen molar-refractivity contribution in [3.05, 3.63) is 39.7 Å². The lowest BCUT2D eigenvalue weighted by atomic mass is 10.0. The van der Waals surface area contributed by atoms with Crippen LogP contribution in [0.1, 0.15) is 32.3 Å². The van der Waals surface area contributed by atoms with Gasteiger partial charge in [0.15, 0.2) is 0 Å². The van der Waals surface area contributed by atoms with Crippen molar-refractivity contribution < 1.29 is 9.31 Å². The predicted octanol–water partition coefficient (Wildman–Crippen LogP) is 3.05. The van der Waals surface area contributed by atoms with Crippen LogP contribution in [0.3, 0.4) is 0 Å². The first-order chi connectivity index (χ1) is 8.58. The molecule has 1 aromatic rings. The number of hydrogen-bond acceptors (Lipinski definition) is 3. The van der Waals surface area contributed by atoms with Crippen molar-refractivity contribution >= 4 is 5.69 Å². The molecule has 5 heteroatoms. The highest BCUT2D eigenvalue weighted by Gasteiger charge is 2.17. The molecule has 0 saturated carbocycles. The second-order valence-electron chi connectivity index (χ2n) is 4.29. The van der Waals surface area contributed by atoms with Crippen LogP contribution >= 0.6 is 0 Å². The summed E-state index contributed by atoms with van der Waals surface area (Å²) in [5.41, 5.74) is 0.448. The van der Waals surface area contributed by atoms with Gasteiger partial charge in [0.25, 0.3) is 5.69 Å². The highest BCUT2D eigenvalue weighted by Crippen LogP contribution is 2.21. The van der Waals surface area contributed by atoms with Crippen LogP contribution in [0.2, 0.25) is 0 Å². The summed E-state index contributed by atoms with van der Waals surface area (Å²) in [6, 6.07) is 3.95. The van der Waals surface area contributed by atoms with E-state index in [1.165, 1.54) is 12.1 Å². The van der Waals surface area contributed by atoms with Gasteiger partial charge < -0.3 is 5.32 Å². The molecule has 0 heterocycles. The smallest absolute Gasteiger partial charge is 0.275 e. The van der Waals surface area contributed by atoms with Crippen LogP contribution in [0.15, 0.2) is 18.2 Å². The Hall–Kier alpha value is -1.49. The van der Waals surface area contributed by atoms with Crippen LogP contribution in [0.25, 0.3) is 0 Å². The van der Waals surface area contributed by atoms with Crippen molar-refractivity contribution in [2.45, 2.75) is 39.2 Å². The van der Waals surface area contributed by atoms with Gasteiger partial charge in [-0.15, -0.1) is 0 Å². The van der Waals surface area contributed by atoms with Crippen molar-refractivity contribution in [2.24, 2.45) is 0 Å². The fraction of sp³-hybridized carbons (Fsp3) is 0.538. The number of nitro benzene ring substituents is 1. The van der Waals surface area contributed by atoms with Gasteiger partial charge >= 0.3 is 0 Å².